The van der Waals surface area contributed by atoms with Gasteiger partial charge >= 0.3 is 0 Å². The van der Waals surface area contributed by atoms with Gasteiger partial charge in [-0.25, -0.2) is 4.98 Å². The summed E-state index contributed by atoms with van der Waals surface area (Å²) >= 11 is 0. The molecule has 0 spiro atoms. The van der Waals surface area contributed by atoms with Gasteiger partial charge in [-0.2, -0.15) is 4.39 Å². The van der Waals surface area contributed by atoms with Gasteiger partial charge in [0.15, 0.2) is 0 Å². The van der Waals surface area contributed by atoms with Crippen molar-refractivity contribution in [2.24, 2.45) is 0 Å². The van der Waals surface area contributed by atoms with Crippen LogP contribution in [0.3, 0.4) is 0 Å². The Balaban J connectivity index is 1.42. The minimum Gasteiger partial charge on any atom is -0.465 e. The molecule has 1 aliphatic carbocycles. The predicted molar refractivity (Wildman–Crippen MR) is 95.7 cm³/mol. The second kappa shape index (κ2) is 5.89. The number of rotatable bonds is 3. The molecular formula is C21H23FN2O3. The van der Waals surface area contributed by atoms with Crippen LogP contribution < -0.4 is 0 Å². The van der Waals surface area contributed by atoms with Gasteiger partial charge in [-0.05, 0) is 44.7 Å². The van der Waals surface area contributed by atoms with Crippen molar-refractivity contribution >= 4 is 5.91 Å². The molecule has 6 heteroatoms. The smallest absolute Gasteiger partial charge is 0.257 e. The molecule has 5 rings (SSSR count). The Bertz CT molecular complexity index is 891. The standard InChI is InChI=1S/C21H23FN2O3/c1-12-16(9-18(27-12)13-4-5-13)20(25)24-14-6-7-15(24)11-21(26,10-14)17-3-2-8-23-19(17)22/h2-3,8-9,13-15,26H,4-7,10-11H2,1H3/t14-,15-/m0/s1. The van der Waals surface area contributed by atoms with Crippen molar-refractivity contribution in [3.8, 4) is 0 Å². The lowest BCUT2D eigenvalue weighted by Crippen LogP contribution is -2.52. The molecule has 0 radical (unpaired) electrons. The molecule has 27 heavy (non-hydrogen) atoms. The quantitative estimate of drug-likeness (QED) is 0.838. The predicted octanol–water partition coefficient (Wildman–Crippen LogP) is 3.65. The SMILES string of the molecule is Cc1oc(C2CC2)cc1C(=O)N1[C@H]2CC[C@H]1CC(O)(c1cccnc1F)C2. The number of hydrogen-bond acceptors (Lipinski definition) is 4. The second-order valence-electron chi connectivity index (χ2n) is 8.27. The maximum absolute atomic E-state index is 14.2. The van der Waals surface area contributed by atoms with Gasteiger partial charge in [-0.3, -0.25) is 4.79 Å². The number of nitrogens with zero attached hydrogens (tertiary/aromatic N) is 2. The highest BCUT2D eigenvalue weighted by Gasteiger charge is 2.51. The fourth-order valence-corrected chi connectivity index (χ4v) is 4.94. The summed E-state index contributed by atoms with van der Waals surface area (Å²) in [4.78, 5) is 18.8. The molecule has 1 N–H and O–H groups in total. The summed E-state index contributed by atoms with van der Waals surface area (Å²) in [5.74, 6) is 1.39. The molecule has 142 valence electrons. The number of aromatic nitrogens is 1. The summed E-state index contributed by atoms with van der Waals surface area (Å²) in [5.41, 5.74) is -0.401. The molecule has 4 heterocycles. The van der Waals surface area contributed by atoms with Crippen molar-refractivity contribution in [3.63, 3.8) is 0 Å². The van der Waals surface area contributed by atoms with E-state index in [9.17, 15) is 14.3 Å². The Morgan fingerprint density at radius 3 is 2.63 bits per heavy atom. The lowest BCUT2D eigenvalue weighted by Gasteiger charge is -2.43. The van der Waals surface area contributed by atoms with E-state index in [1.165, 1.54) is 6.20 Å². The molecule has 2 aromatic heterocycles. The molecule has 5 nitrogen and oxygen atoms in total. The Morgan fingerprint density at radius 1 is 1.30 bits per heavy atom. The summed E-state index contributed by atoms with van der Waals surface area (Å²) < 4.78 is 20.0. The van der Waals surface area contributed by atoms with Crippen LogP contribution in [0.4, 0.5) is 4.39 Å². The van der Waals surface area contributed by atoms with Crippen LogP contribution in [0.15, 0.2) is 28.8 Å². The van der Waals surface area contributed by atoms with Gasteiger partial charge in [0.05, 0.1) is 11.2 Å². The van der Waals surface area contributed by atoms with E-state index in [1.807, 2.05) is 17.9 Å². The van der Waals surface area contributed by atoms with E-state index in [0.29, 0.717) is 30.1 Å². The normalized spacial score (nSPS) is 30.0. The number of fused-ring (bicyclic) bond motifs is 2. The topological polar surface area (TPSA) is 66.6 Å². The van der Waals surface area contributed by atoms with E-state index in [2.05, 4.69) is 4.98 Å². The molecule has 1 amide bonds. The van der Waals surface area contributed by atoms with Crippen LogP contribution in [0, 0.1) is 12.9 Å². The first kappa shape index (κ1) is 16.9. The number of piperidine rings is 1. The molecule has 1 saturated carbocycles. The van der Waals surface area contributed by atoms with Crippen LogP contribution in [-0.4, -0.2) is 33.0 Å². The summed E-state index contributed by atoms with van der Waals surface area (Å²) in [6, 6.07) is 4.95. The summed E-state index contributed by atoms with van der Waals surface area (Å²) in [6.07, 6.45) is 5.96. The minimum atomic E-state index is -1.27. The molecule has 2 atom stereocenters. The van der Waals surface area contributed by atoms with E-state index in [0.717, 1.165) is 31.4 Å². The van der Waals surface area contributed by atoms with Crippen LogP contribution in [0.1, 0.15) is 71.9 Å². The van der Waals surface area contributed by atoms with Gasteiger partial charge in [0, 0.05) is 42.6 Å². The Kier molecular flexibility index (Phi) is 3.69. The molecule has 0 aromatic carbocycles. The highest BCUT2D eigenvalue weighted by molar-refractivity contribution is 5.96. The number of amides is 1. The van der Waals surface area contributed by atoms with Crippen molar-refractivity contribution in [2.45, 2.75) is 69.1 Å². The third-order valence-electron chi connectivity index (χ3n) is 6.41. The summed E-state index contributed by atoms with van der Waals surface area (Å²) in [6.45, 7) is 1.84. The van der Waals surface area contributed by atoms with Crippen LogP contribution >= 0.6 is 0 Å². The Morgan fingerprint density at radius 2 is 2.00 bits per heavy atom. The molecule has 2 aliphatic heterocycles. The monoisotopic (exact) mass is 370 g/mol. The van der Waals surface area contributed by atoms with Crippen molar-refractivity contribution in [3.05, 3.63) is 53.0 Å². The maximum Gasteiger partial charge on any atom is 0.257 e. The largest absolute Gasteiger partial charge is 0.465 e. The molecule has 3 fully saturated rings. The summed E-state index contributed by atoms with van der Waals surface area (Å²) in [5, 5.41) is 11.2. The number of pyridine rings is 1. The Labute approximate surface area is 157 Å². The van der Waals surface area contributed by atoms with Gasteiger partial charge in [-0.1, -0.05) is 6.07 Å². The third-order valence-corrected chi connectivity index (χ3v) is 6.41. The van der Waals surface area contributed by atoms with Gasteiger partial charge < -0.3 is 14.4 Å². The molecule has 2 saturated heterocycles. The van der Waals surface area contributed by atoms with Gasteiger partial charge in [-0.15, -0.1) is 0 Å². The molecule has 0 unspecified atom stereocenters. The van der Waals surface area contributed by atoms with E-state index in [4.69, 9.17) is 4.42 Å². The first-order valence-electron chi connectivity index (χ1n) is 9.72. The highest BCUT2D eigenvalue weighted by Crippen LogP contribution is 2.47. The first-order valence-corrected chi connectivity index (χ1v) is 9.72. The van der Waals surface area contributed by atoms with Crippen molar-refractivity contribution in [2.75, 3.05) is 0 Å². The fraction of sp³-hybridized carbons (Fsp3) is 0.524. The van der Waals surface area contributed by atoms with E-state index < -0.39 is 11.5 Å². The van der Waals surface area contributed by atoms with Crippen molar-refractivity contribution in [1.29, 1.82) is 0 Å². The zero-order valence-electron chi connectivity index (χ0n) is 15.3. The van der Waals surface area contributed by atoms with Crippen LogP contribution in [0.25, 0.3) is 0 Å². The zero-order valence-corrected chi connectivity index (χ0v) is 15.3. The zero-order chi connectivity index (χ0) is 18.8. The first-order chi connectivity index (χ1) is 13.0. The average molecular weight is 370 g/mol. The van der Waals surface area contributed by atoms with Gasteiger partial charge in [0.2, 0.25) is 5.95 Å². The van der Waals surface area contributed by atoms with Crippen LogP contribution in [-0.2, 0) is 5.60 Å². The number of furan rings is 1. The van der Waals surface area contributed by atoms with E-state index in [1.54, 1.807) is 12.1 Å². The molecule has 2 aromatic rings. The molecule has 3 aliphatic rings. The van der Waals surface area contributed by atoms with Crippen LogP contribution in [0.2, 0.25) is 0 Å². The second-order valence-corrected chi connectivity index (χ2v) is 8.27. The molecular weight excluding hydrogens is 347 g/mol. The summed E-state index contributed by atoms with van der Waals surface area (Å²) in [7, 11) is 0. The Hall–Kier alpha value is -2.21. The average Bonchev–Trinajstić information content (AvgIpc) is 3.35. The highest BCUT2D eigenvalue weighted by atomic mass is 19.1. The number of aryl methyl sites for hydroxylation is 1. The van der Waals surface area contributed by atoms with Crippen molar-refractivity contribution < 1.29 is 18.7 Å². The number of carbonyl (C=O) groups excluding carboxylic acids is 1. The third kappa shape index (κ3) is 2.69. The minimum absolute atomic E-state index is 0.0237. The number of aliphatic hydroxyl groups is 1. The van der Waals surface area contributed by atoms with E-state index in [-0.39, 0.29) is 23.6 Å². The lowest BCUT2D eigenvalue weighted by atomic mass is 9.80. The number of halogens is 1. The van der Waals surface area contributed by atoms with Crippen LogP contribution in [0.5, 0.6) is 0 Å². The van der Waals surface area contributed by atoms with Crippen molar-refractivity contribution in [1.82, 2.24) is 9.88 Å². The fourth-order valence-electron chi connectivity index (χ4n) is 4.94. The number of hydrogen-bond donors (Lipinski definition) is 1. The van der Waals surface area contributed by atoms with Gasteiger partial charge in [0.1, 0.15) is 11.5 Å². The lowest BCUT2D eigenvalue weighted by molar-refractivity contribution is -0.0504. The van der Waals surface area contributed by atoms with Gasteiger partial charge in [0.25, 0.3) is 5.91 Å². The number of carbonyl (C=O) groups is 1. The van der Waals surface area contributed by atoms with E-state index >= 15 is 0 Å². The molecule has 2 bridgehead atoms. The maximum atomic E-state index is 14.2.